The maximum Gasteiger partial charge on any atom is 0.244 e. The maximum absolute atomic E-state index is 13.7. The van der Waals surface area contributed by atoms with Crippen LogP contribution in [0.25, 0.3) is 0 Å². The Morgan fingerprint density at radius 2 is 1.82 bits per heavy atom. The summed E-state index contributed by atoms with van der Waals surface area (Å²) in [4.78, 5) is 27.3. The van der Waals surface area contributed by atoms with Crippen molar-refractivity contribution < 1.29 is 27.1 Å². The third-order valence-electron chi connectivity index (χ3n) is 5.00. The fourth-order valence-corrected chi connectivity index (χ4v) is 3.99. The first-order valence-corrected chi connectivity index (χ1v) is 12.3. The average Bonchev–Trinajstić information content (AvgIpc) is 2.78. The van der Waals surface area contributed by atoms with Gasteiger partial charge in [0.15, 0.2) is 0 Å². The van der Waals surface area contributed by atoms with Crippen molar-refractivity contribution in [3.63, 3.8) is 0 Å². The molecule has 8 nitrogen and oxygen atoms in total. The van der Waals surface area contributed by atoms with Crippen molar-refractivity contribution in [2.45, 2.75) is 32.9 Å². The molecule has 2 amide bonds. The highest BCUT2D eigenvalue weighted by Crippen LogP contribution is 2.20. The van der Waals surface area contributed by atoms with E-state index in [1.807, 2.05) is 6.92 Å². The van der Waals surface area contributed by atoms with Crippen LogP contribution in [0.3, 0.4) is 0 Å². The lowest BCUT2D eigenvalue weighted by Gasteiger charge is -2.31. The van der Waals surface area contributed by atoms with E-state index in [0.717, 1.165) is 28.6 Å². The van der Waals surface area contributed by atoms with Gasteiger partial charge in [-0.05, 0) is 49.2 Å². The van der Waals surface area contributed by atoms with Gasteiger partial charge in [-0.1, -0.05) is 25.1 Å². The summed E-state index contributed by atoms with van der Waals surface area (Å²) in [5, 5.41) is 2.76. The van der Waals surface area contributed by atoms with Crippen LogP contribution in [0, 0.1) is 5.82 Å². The highest BCUT2D eigenvalue weighted by molar-refractivity contribution is 7.92. The van der Waals surface area contributed by atoms with Crippen LogP contribution in [0.5, 0.6) is 5.75 Å². The lowest BCUT2D eigenvalue weighted by atomic mass is 10.1. The van der Waals surface area contributed by atoms with Gasteiger partial charge < -0.3 is 15.0 Å². The van der Waals surface area contributed by atoms with Gasteiger partial charge in [0.2, 0.25) is 21.8 Å². The summed E-state index contributed by atoms with van der Waals surface area (Å²) in [5.74, 6) is -0.939. The molecule has 2 aromatic rings. The molecular formula is C23H30FN3O5S. The normalized spacial score (nSPS) is 12.0. The first-order valence-electron chi connectivity index (χ1n) is 10.5. The number of ether oxygens (including phenoxy) is 1. The Morgan fingerprint density at radius 1 is 1.15 bits per heavy atom. The van der Waals surface area contributed by atoms with Gasteiger partial charge in [-0.3, -0.25) is 13.9 Å². The van der Waals surface area contributed by atoms with Gasteiger partial charge in [0.1, 0.15) is 24.2 Å². The van der Waals surface area contributed by atoms with E-state index >= 15 is 0 Å². The number of rotatable bonds is 11. The number of hydrogen-bond acceptors (Lipinski definition) is 5. The quantitative estimate of drug-likeness (QED) is 0.534. The molecule has 1 N–H and O–H groups in total. The molecule has 0 aliphatic rings. The van der Waals surface area contributed by atoms with Crippen LogP contribution in [-0.4, -0.2) is 57.6 Å². The van der Waals surface area contributed by atoms with Crippen molar-refractivity contribution in [2.24, 2.45) is 0 Å². The van der Waals surface area contributed by atoms with Gasteiger partial charge in [-0.2, -0.15) is 0 Å². The smallest absolute Gasteiger partial charge is 0.244 e. The zero-order chi connectivity index (χ0) is 24.6. The van der Waals surface area contributed by atoms with Crippen molar-refractivity contribution in [2.75, 3.05) is 30.8 Å². The number of nitrogens with zero attached hydrogens (tertiary/aromatic N) is 2. The molecule has 0 aliphatic heterocycles. The molecule has 0 fully saturated rings. The minimum absolute atomic E-state index is 0.0262. The zero-order valence-corrected chi connectivity index (χ0v) is 20.1. The lowest BCUT2D eigenvalue weighted by molar-refractivity contribution is -0.139. The van der Waals surface area contributed by atoms with E-state index < -0.39 is 34.3 Å². The number of nitrogens with one attached hydrogen (secondary N) is 1. The van der Waals surface area contributed by atoms with Crippen molar-refractivity contribution in [3.8, 4) is 5.75 Å². The Kier molecular flexibility index (Phi) is 9.22. The topological polar surface area (TPSA) is 96.0 Å². The number of anilines is 1. The number of methoxy groups -OCH3 is 1. The molecule has 0 radical (unpaired) electrons. The summed E-state index contributed by atoms with van der Waals surface area (Å²) in [5.41, 5.74) is 0.759. The monoisotopic (exact) mass is 479 g/mol. The molecule has 1 unspecified atom stereocenters. The van der Waals surface area contributed by atoms with Crippen LogP contribution in [0.1, 0.15) is 25.8 Å². The van der Waals surface area contributed by atoms with E-state index in [2.05, 4.69) is 5.32 Å². The first kappa shape index (κ1) is 26.1. The van der Waals surface area contributed by atoms with Gasteiger partial charge in [0.05, 0.1) is 19.1 Å². The van der Waals surface area contributed by atoms with Crippen LogP contribution in [0.2, 0.25) is 0 Å². The first-order chi connectivity index (χ1) is 15.6. The Labute approximate surface area is 194 Å². The number of sulfonamides is 1. The third kappa shape index (κ3) is 7.45. The van der Waals surface area contributed by atoms with E-state index in [9.17, 15) is 22.4 Å². The van der Waals surface area contributed by atoms with Crippen LogP contribution >= 0.6 is 0 Å². The van der Waals surface area contributed by atoms with Crippen molar-refractivity contribution in [1.82, 2.24) is 10.2 Å². The summed E-state index contributed by atoms with van der Waals surface area (Å²) < 4.78 is 44.5. The minimum atomic E-state index is -3.90. The molecule has 10 heteroatoms. The van der Waals surface area contributed by atoms with E-state index in [1.54, 1.807) is 31.2 Å². The van der Waals surface area contributed by atoms with E-state index in [1.165, 1.54) is 30.2 Å². The summed E-state index contributed by atoms with van der Waals surface area (Å²) >= 11 is 0. The van der Waals surface area contributed by atoms with E-state index in [4.69, 9.17) is 4.74 Å². The van der Waals surface area contributed by atoms with Gasteiger partial charge in [-0.25, -0.2) is 12.8 Å². The number of halogens is 1. The van der Waals surface area contributed by atoms with Crippen molar-refractivity contribution in [3.05, 3.63) is 59.9 Å². The second-order valence-electron chi connectivity index (χ2n) is 7.59. The van der Waals surface area contributed by atoms with Gasteiger partial charge in [0.25, 0.3) is 0 Å². The van der Waals surface area contributed by atoms with Gasteiger partial charge >= 0.3 is 0 Å². The molecular weight excluding hydrogens is 449 g/mol. The molecule has 180 valence electrons. The Bertz CT molecular complexity index is 1060. The second-order valence-corrected chi connectivity index (χ2v) is 9.49. The van der Waals surface area contributed by atoms with E-state index in [-0.39, 0.29) is 18.1 Å². The van der Waals surface area contributed by atoms with Crippen LogP contribution < -0.4 is 14.4 Å². The third-order valence-corrected chi connectivity index (χ3v) is 6.14. The number of benzene rings is 2. The molecule has 0 saturated carbocycles. The van der Waals surface area contributed by atoms with Gasteiger partial charge in [0, 0.05) is 13.1 Å². The Morgan fingerprint density at radius 3 is 2.36 bits per heavy atom. The molecule has 2 rings (SSSR count). The highest BCUT2D eigenvalue weighted by atomic mass is 32.2. The number of carbonyl (C=O) groups excluding carboxylic acids is 2. The predicted octanol–water partition coefficient (Wildman–Crippen LogP) is 2.54. The fraction of sp³-hybridized carbons (Fsp3) is 0.391. The molecule has 0 aliphatic carbocycles. The second kappa shape index (κ2) is 11.6. The minimum Gasteiger partial charge on any atom is -0.497 e. The standard InChI is InChI=1S/C23H30FN3O5S/c1-5-13-25-23(29)17(2)26(15-18-9-11-21(32-3)12-10-18)22(28)16-27(33(4,30)31)20-8-6-7-19(24)14-20/h6-12,14,17H,5,13,15-16H2,1-4H3,(H,25,29). The molecule has 0 heterocycles. The van der Waals surface area contributed by atoms with Gasteiger partial charge in [-0.15, -0.1) is 0 Å². The van der Waals surface area contributed by atoms with E-state index in [0.29, 0.717) is 12.3 Å². The Balaban J connectivity index is 2.36. The van der Waals surface area contributed by atoms with Crippen LogP contribution in [0.15, 0.2) is 48.5 Å². The molecule has 0 saturated heterocycles. The SMILES string of the molecule is CCCNC(=O)C(C)N(Cc1ccc(OC)cc1)C(=O)CN(c1cccc(F)c1)S(C)(=O)=O. The summed E-state index contributed by atoms with van der Waals surface area (Å²) in [7, 11) is -2.36. The zero-order valence-electron chi connectivity index (χ0n) is 19.2. The number of amides is 2. The number of hydrogen-bond donors (Lipinski definition) is 1. The molecule has 2 aromatic carbocycles. The molecule has 33 heavy (non-hydrogen) atoms. The lowest BCUT2D eigenvalue weighted by Crippen LogP contribution is -2.51. The van der Waals surface area contributed by atoms with Crippen LogP contribution in [-0.2, 0) is 26.2 Å². The van der Waals surface area contributed by atoms with Crippen molar-refractivity contribution >= 4 is 27.5 Å². The molecule has 0 bridgehead atoms. The summed E-state index contributed by atoms with van der Waals surface area (Å²) in [6.07, 6.45) is 1.67. The largest absolute Gasteiger partial charge is 0.497 e. The highest BCUT2D eigenvalue weighted by Gasteiger charge is 2.30. The summed E-state index contributed by atoms with van der Waals surface area (Å²) in [6, 6.07) is 11.1. The van der Waals surface area contributed by atoms with Crippen LogP contribution in [0.4, 0.5) is 10.1 Å². The average molecular weight is 480 g/mol. The molecule has 0 spiro atoms. The maximum atomic E-state index is 13.7. The Hall–Kier alpha value is -3.14. The predicted molar refractivity (Wildman–Crippen MR) is 125 cm³/mol. The van der Waals surface area contributed by atoms with Crippen molar-refractivity contribution in [1.29, 1.82) is 0 Å². The number of carbonyl (C=O) groups is 2. The fourth-order valence-electron chi connectivity index (χ4n) is 3.15. The molecule has 0 aromatic heterocycles. The summed E-state index contributed by atoms with van der Waals surface area (Å²) in [6.45, 7) is 3.44. The molecule has 1 atom stereocenters.